The maximum absolute atomic E-state index is 11.7. The Hall–Kier alpha value is -0.810. The third-order valence-electron chi connectivity index (χ3n) is 4.03. The lowest BCUT2D eigenvalue weighted by molar-refractivity contribution is -0.127. The molecule has 29 heavy (non-hydrogen) atoms. The monoisotopic (exact) mass is 422 g/mol. The van der Waals surface area contributed by atoms with Crippen molar-refractivity contribution in [1.29, 1.82) is 0 Å². The second kappa shape index (κ2) is 19.2. The van der Waals surface area contributed by atoms with Crippen LogP contribution in [0.5, 0.6) is 0 Å². The molecule has 0 unspecified atom stereocenters. The Morgan fingerprint density at radius 1 is 0.724 bits per heavy atom. The van der Waals surface area contributed by atoms with Crippen LogP contribution < -0.4 is 11.1 Å². The molecular weight excluding hydrogens is 380 g/mol. The van der Waals surface area contributed by atoms with Crippen LogP contribution in [0.25, 0.3) is 0 Å². The highest BCUT2D eigenvalue weighted by atomic mass is 16.6. The lowest BCUT2D eigenvalue weighted by atomic mass is 9.88. The summed E-state index contributed by atoms with van der Waals surface area (Å²) >= 11 is 0. The standard InChI is InChI=1S/C20H42N2O7/c1-18(20(2,3)4)22-19(23)17-29-16-15-28-14-13-27-12-11-26-10-9-25-8-7-24-6-5-21/h18H,5-17,21H2,1-4H3,(H,22,23)/t18-/m0/s1. The van der Waals surface area contributed by atoms with E-state index in [0.29, 0.717) is 79.2 Å². The Kier molecular flexibility index (Phi) is 18.6. The largest absolute Gasteiger partial charge is 0.378 e. The Labute approximate surface area is 175 Å². The van der Waals surface area contributed by atoms with Gasteiger partial charge in [0.2, 0.25) is 5.91 Å². The number of nitrogens with one attached hydrogen (secondary N) is 1. The molecule has 0 aliphatic rings. The Bertz CT molecular complexity index is 378. The van der Waals surface area contributed by atoms with Crippen LogP contribution >= 0.6 is 0 Å². The summed E-state index contributed by atoms with van der Waals surface area (Å²) in [5, 5.41) is 2.92. The lowest BCUT2D eigenvalue weighted by Crippen LogP contribution is -2.43. The zero-order valence-corrected chi connectivity index (χ0v) is 18.7. The molecule has 0 spiro atoms. The van der Waals surface area contributed by atoms with Crippen LogP contribution in [0, 0.1) is 5.41 Å². The van der Waals surface area contributed by atoms with Crippen LogP contribution in [0.3, 0.4) is 0 Å². The van der Waals surface area contributed by atoms with E-state index in [1.807, 2.05) is 6.92 Å². The number of carbonyl (C=O) groups excluding carboxylic acids is 1. The van der Waals surface area contributed by atoms with Gasteiger partial charge in [0.05, 0.1) is 72.7 Å². The fraction of sp³-hybridized carbons (Fsp3) is 0.950. The Balaban J connectivity index is 3.21. The van der Waals surface area contributed by atoms with E-state index in [4.69, 9.17) is 34.2 Å². The van der Waals surface area contributed by atoms with Crippen LogP contribution in [0.15, 0.2) is 0 Å². The van der Waals surface area contributed by atoms with E-state index in [-0.39, 0.29) is 24.0 Å². The average Bonchev–Trinajstić information content (AvgIpc) is 2.66. The molecular formula is C20H42N2O7. The maximum atomic E-state index is 11.7. The normalized spacial score (nSPS) is 12.9. The second-order valence-corrected chi connectivity index (χ2v) is 7.56. The molecule has 9 heteroatoms. The van der Waals surface area contributed by atoms with Gasteiger partial charge in [-0.15, -0.1) is 0 Å². The van der Waals surface area contributed by atoms with E-state index in [1.165, 1.54) is 0 Å². The highest BCUT2D eigenvalue weighted by Crippen LogP contribution is 2.18. The summed E-state index contributed by atoms with van der Waals surface area (Å²) in [6.45, 7) is 14.3. The maximum Gasteiger partial charge on any atom is 0.246 e. The molecule has 0 radical (unpaired) electrons. The van der Waals surface area contributed by atoms with E-state index in [1.54, 1.807) is 0 Å². The molecule has 9 nitrogen and oxygen atoms in total. The van der Waals surface area contributed by atoms with Crippen LogP contribution in [-0.4, -0.2) is 97.8 Å². The van der Waals surface area contributed by atoms with Gasteiger partial charge in [-0.25, -0.2) is 0 Å². The van der Waals surface area contributed by atoms with Crippen molar-refractivity contribution >= 4 is 5.91 Å². The van der Waals surface area contributed by atoms with Crippen molar-refractivity contribution in [1.82, 2.24) is 5.32 Å². The first kappa shape index (κ1) is 28.2. The van der Waals surface area contributed by atoms with Crippen molar-refractivity contribution in [2.75, 3.05) is 85.8 Å². The molecule has 0 heterocycles. The molecule has 0 bridgehead atoms. The number of rotatable bonds is 20. The third kappa shape index (κ3) is 20.2. The molecule has 1 atom stereocenters. The first-order valence-electron chi connectivity index (χ1n) is 10.3. The molecule has 0 saturated carbocycles. The minimum atomic E-state index is -0.110. The van der Waals surface area contributed by atoms with Gasteiger partial charge < -0.3 is 39.5 Å². The van der Waals surface area contributed by atoms with E-state index in [9.17, 15) is 4.79 Å². The van der Waals surface area contributed by atoms with Gasteiger partial charge in [0.1, 0.15) is 6.61 Å². The molecule has 1 amide bonds. The van der Waals surface area contributed by atoms with Crippen LogP contribution in [0.4, 0.5) is 0 Å². The highest BCUT2D eigenvalue weighted by molar-refractivity contribution is 5.77. The Morgan fingerprint density at radius 3 is 1.41 bits per heavy atom. The number of ether oxygens (including phenoxy) is 6. The van der Waals surface area contributed by atoms with Crippen molar-refractivity contribution in [2.24, 2.45) is 11.1 Å². The summed E-state index contributed by atoms with van der Waals surface area (Å²) in [6.07, 6.45) is 0. The Morgan fingerprint density at radius 2 is 1.07 bits per heavy atom. The summed E-state index contributed by atoms with van der Waals surface area (Å²) in [5.41, 5.74) is 5.33. The quantitative estimate of drug-likeness (QED) is 0.274. The molecule has 0 aromatic rings. The van der Waals surface area contributed by atoms with Gasteiger partial charge in [-0.2, -0.15) is 0 Å². The van der Waals surface area contributed by atoms with E-state index >= 15 is 0 Å². The van der Waals surface area contributed by atoms with Crippen molar-refractivity contribution in [2.45, 2.75) is 33.7 Å². The SMILES string of the molecule is C[C@H](NC(=O)COCCOCCOCCOCCOCCOCCN)C(C)(C)C. The smallest absolute Gasteiger partial charge is 0.246 e. The van der Waals surface area contributed by atoms with Crippen molar-refractivity contribution < 1.29 is 33.2 Å². The summed E-state index contributed by atoms with van der Waals surface area (Å²) in [7, 11) is 0. The van der Waals surface area contributed by atoms with Gasteiger partial charge >= 0.3 is 0 Å². The van der Waals surface area contributed by atoms with Gasteiger partial charge in [0.15, 0.2) is 0 Å². The average molecular weight is 423 g/mol. The fourth-order valence-electron chi connectivity index (χ4n) is 1.85. The van der Waals surface area contributed by atoms with E-state index in [0.717, 1.165) is 0 Å². The van der Waals surface area contributed by atoms with Crippen molar-refractivity contribution in [3.63, 3.8) is 0 Å². The fourth-order valence-corrected chi connectivity index (χ4v) is 1.85. The predicted octanol–water partition coefficient (Wildman–Crippen LogP) is 0.596. The van der Waals surface area contributed by atoms with Gasteiger partial charge in [0, 0.05) is 12.6 Å². The molecule has 3 N–H and O–H groups in total. The number of carbonyl (C=O) groups is 1. The third-order valence-corrected chi connectivity index (χ3v) is 4.03. The van der Waals surface area contributed by atoms with Gasteiger partial charge in [-0.05, 0) is 12.3 Å². The number of hydrogen-bond donors (Lipinski definition) is 2. The number of nitrogens with two attached hydrogens (primary N) is 1. The number of amides is 1. The molecule has 0 saturated heterocycles. The van der Waals surface area contributed by atoms with Gasteiger partial charge in [-0.3, -0.25) is 4.79 Å². The topological polar surface area (TPSA) is 111 Å². The van der Waals surface area contributed by atoms with Crippen molar-refractivity contribution in [3.8, 4) is 0 Å². The summed E-state index contributed by atoms with van der Waals surface area (Å²) in [5.74, 6) is -0.110. The first-order chi connectivity index (χ1) is 13.9. The number of hydrogen-bond acceptors (Lipinski definition) is 8. The summed E-state index contributed by atoms with van der Waals surface area (Å²) < 4.78 is 32.0. The highest BCUT2D eigenvalue weighted by Gasteiger charge is 2.21. The zero-order chi connectivity index (χ0) is 21.8. The van der Waals surface area contributed by atoms with Gasteiger partial charge in [0.25, 0.3) is 0 Å². The molecule has 0 aliphatic heterocycles. The van der Waals surface area contributed by atoms with Crippen LogP contribution in [0.1, 0.15) is 27.7 Å². The van der Waals surface area contributed by atoms with Crippen molar-refractivity contribution in [3.05, 3.63) is 0 Å². The van der Waals surface area contributed by atoms with E-state index in [2.05, 4.69) is 26.1 Å². The second-order valence-electron chi connectivity index (χ2n) is 7.56. The first-order valence-corrected chi connectivity index (χ1v) is 10.3. The molecule has 0 aliphatic carbocycles. The molecule has 174 valence electrons. The predicted molar refractivity (Wildman–Crippen MR) is 111 cm³/mol. The zero-order valence-electron chi connectivity index (χ0n) is 18.7. The van der Waals surface area contributed by atoms with Crippen LogP contribution in [-0.2, 0) is 33.2 Å². The van der Waals surface area contributed by atoms with E-state index < -0.39 is 0 Å². The lowest BCUT2D eigenvalue weighted by Gasteiger charge is -2.28. The molecule has 0 aromatic heterocycles. The minimum Gasteiger partial charge on any atom is -0.378 e. The van der Waals surface area contributed by atoms with Crippen LogP contribution in [0.2, 0.25) is 0 Å². The summed E-state index contributed by atoms with van der Waals surface area (Å²) in [6, 6.07) is 0.0876. The molecule has 0 fully saturated rings. The minimum absolute atomic E-state index is 0.0252. The molecule has 0 aromatic carbocycles. The molecule has 0 rings (SSSR count). The van der Waals surface area contributed by atoms with Gasteiger partial charge in [-0.1, -0.05) is 20.8 Å². The summed E-state index contributed by atoms with van der Waals surface area (Å²) in [4.78, 5) is 11.7.